The molecule has 0 saturated carbocycles. The molecule has 0 aliphatic rings. The lowest BCUT2D eigenvalue weighted by Gasteiger charge is -2.10. The third kappa shape index (κ3) is 4.49. The van der Waals surface area contributed by atoms with Crippen LogP contribution in [0.2, 0.25) is 0 Å². The van der Waals surface area contributed by atoms with E-state index in [4.69, 9.17) is 0 Å². The van der Waals surface area contributed by atoms with Crippen LogP contribution in [-0.2, 0) is 5.92 Å². The molecule has 0 aliphatic heterocycles. The molecule has 0 atom stereocenters. The number of nitrogens with zero attached hydrogens (tertiary/aromatic N) is 1. The summed E-state index contributed by atoms with van der Waals surface area (Å²) < 4.78 is 26.3. The Labute approximate surface area is 128 Å². The van der Waals surface area contributed by atoms with Crippen LogP contribution in [0.25, 0.3) is 11.3 Å². The summed E-state index contributed by atoms with van der Waals surface area (Å²) in [5, 5.41) is 6.10. The fraction of sp³-hybridized carbons (Fsp3) is 0.438. The average Bonchev–Trinajstić information content (AvgIpc) is 2.86. The second kappa shape index (κ2) is 6.52. The van der Waals surface area contributed by atoms with Crippen LogP contribution in [0.5, 0.6) is 0 Å². The van der Waals surface area contributed by atoms with Gasteiger partial charge in [0.15, 0.2) is 5.13 Å². The molecule has 1 N–H and O–H groups in total. The maximum absolute atomic E-state index is 13.2. The van der Waals surface area contributed by atoms with Crippen LogP contribution < -0.4 is 5.32 Å². The molecule has 2 aromatic rings. The van der Waals surface area contributed by atoms with Crippen LogP contribution >= 0.6 is 11.3 Å². The lowest BCUT2D eigenvalue weighted by Crippen LogP contribution is -2.06. The van der Waals surface area contributed by atoms with E-state index >= 15 is 0 Å². The molecule has 2 nitrogen and oxygen atoms in total. The minimum absolute atomic E-state index is 0.0248. The van der Waals surface area contributed by atoms with Crippen molar-refractivity contribution in [2.75, 3.05) is 11.9 Å². The van der Waals surface area contributed by atoms with Crippen molar-refractivity contribution in [3.63, 3.8) is 0 Å². The summed E-state index contributed by atoms with van der Waals surface area (Å²) in [4.78, 5) is 4.49. The van der Waals surface area contributed by atoms with Crippen molar-refractivity contribution in [1.82, 2.24) is 4.98 Å². The van der Waals surface area contributed by atoms with Crippen molar-refractivity contribution in [2.24, 2.45) is 5.92 Å². The van der Waals surface area contributed by atoms with Gasteiger partial charge in [-0.2, -0.15) is 0 Å². The molecule has 0 unspecified atom stereocenters. The van der Waals surface area contributed by atoms with E-state index in [1.54, 1.807) is 12.1 Å². The van der Waals surface area contributed by atoms with Crippen LogP contribution in [0, 0.1) is 5.92 Å². The molecule has 1 aromatic carbocycles. The molecule has 2 rings (SSSR count). The van der Waals surface area contributed by atoms with Gasteiger partial charge in [0.2, 0.25) is 0 Å². The van der Waals surface area contributed by atoms with Gasteiger partial charge in [0.25, 0.3) is 5.92 Å². The van der Waals surface area contributed by atoms with Crippen LogP contribution in [-0.4, -0.2) is 11.5 Å². The highest BCUT2D eigenvalue weighted by molar-refractivity contribution is 7.14. The van der Waals surface area contributed by atoms with Gasteiger partial charge >= 0.3 is 0 Å². The summed E-state index contributed by atoms with van der Waals surface area (Å²) in [5.41, 5.74) is 1.70. The van der Waals surface area contributed by atoms with Crippen molar-refractivity contribution in [2.45, 2.75) is 33.1 Å². The SMILES string of the molecule is CC(C)CCNc1nc(-c2ccc(C(C)(F)F)cc2)cs1. The first-order chi connectivity index (χ1) is 9.86. The minimum Gasteiger partial charge on any atom is -0.361 e. The molecule has 0 spiro atoms. The number of rotatable bonds is 6. The van der Waals surface area contributed by atoms with Crippen molar-refractivity contribution < 1.29 is 8.78 Å². The molecule has 0 radical (unpaired) electrons. The Hall–Kier alpha value is -1.49. The first-order valence-corrected chi connectivity index (χ1v) is 7.92. The number of thiazole rings is 1. The first-order valence-electron chi connectivity index (χ1n) is 7.04. The number of alkyl halides is 2. The molecule has 0 fully saturated rings. The van der Waals surface area contributed by atoms with Crippen LogP contribution in [0.15, 0.2) is 29.6 Å². The maximum Gasteiger partial charge on any atom is 0.270 e. The Morgan fingerprint density at radius 1 is 1.24 bits per heavy atom. The quantitative estimate of drug-likeness (QED) is 0.775. The van der Waals surface area contributed by atoms with Crippen molar-refractivity contribution in [3.8, 4) is 11.3 Å². The third-order valence-corrected chi connectivity index (χ3v) is 3.99. The van der Waals surface area contributed by atoms with Crippen molar-refractivity contribution >= 4 is 16.5 Å². The number of nitrogens with one attached hydrogen (secondary N) is 1. The number of benzene rings is 1. The van der Waals surface area contributed by atoms with Crippen LogP contribution in [0.1, 0.15) is 32.8 Å². The predicted octanol–water partition coefficient (Wildman–Crippen LogP) is 5.38. The standard InChI is InChI=1S/C16H20F2N2S/c1-11(2)8-9-19-15-20-14(10-21-15)12-4-6-13(7-5-12)16(3,17)18/h4-7,10-11H,8-9H2,1-3H3,(H,19,20). The second-order valence-electron chi connectivity index (χ2n) is 5.61. The number of aromatic nitrogens is 1. The highest BCUT2D eigenvalue weighted by Crippen LogP contribution is 2.30. The number of halogens is 2. The summed E-state index contributed by atoms with van der Waals surface area (Å²) >= 11 is 1.54. The van der Waals surface area contributed by atoms with Gasteiger partial charge in [0.1, 0.15) is 0 Å². The fourth-order valence-electron chi connectivity index (χ4n) is 1.89. The Bertz CT molecular complexity index is 571. The molecule has 0 saturated heterocycles. The van der Waals surface area contributed by atoms with Crippen molar-refractivity contribution in [1.29, 1.82) is 0 Å². The molecule has 21 heavy (non-hydrogen) atoms. The zero-order chi connectivity index (χ0) is 15.5. The van der Waals surface area contributed by atoms with Crippen LogP contribution in [0.3, 0.4) is 0 Å². The highest BCUT2D eigenvalue weighted by Gasteiger charge is 2.23. The molecular weight excluding hydrogens is 290 g/mol. The largest absolute Gasteiger partial charge is 0.361 e. The second-order valence-corrected chi connectivity index (χ2v) is 6.47. The maximum atomic E-state index is 13.2. The summed E-state index contributed by atoms with van der Waals surface area (Å²) in [6.07, 6.45) is 1.09. The van der Waals surface area contributed by atoms with E-state index in [1.165, 1.54) is 23.5 Å². The Morgan fingerprint density at radius 2 is 1.90 bits per heavy atom. The van der Waals surface area contributed by atoms with E-state index in [-0.39, 0.29) is 5.56 Å². The Balaban J connectivity index is 2.04. The zero-order valence-corrected chi connectivity index (χ0v) is 13.3. The number of hydrogen-bond donors (Lipinski definition) is 1. The third-order valence-electron chi connectivity index (χ3n) is 3.19. The molecule has 0 amide bonds. The molecule has 1 aromatic heterocycles. The molecule has 5 heteroatoms. The van der Waals surface area contributed by atoms with E-state index in [2.05, 4.69) is 24.1 Å². The van der Waals surface area contributed by atoms with Gasteiger partial charge in [-0.05, 0) is 12.3 Å². The van der Waals surface area contributed by atoms with E-state index in [1.807, 2.05) is 5.38 Å². The number of anilines is 1. The summed E-state index contributed by atoms with van der Waals surface area (Å²) in [7, 11) is 0. The summed E-state index contributed by atoms with van der Waals surface area (Å²) in [5.74, 6) is -2.15. The molecule has 0 aliphatic carbocycles. The van der Waals surface area contributed by atoms with E-state index in [0.29, 0.717) is 5.92 Å². The first kappa shape index (κ1) is 15.9. The average molecular weight is 310 g/mol. The smallest absolute Gasteiger partial charge is 0.270 e. The van der Waals surface area contributed by atoms with E-state index < -0.39 is 5.92 Å². The van der Waals surface area contributed by atoms with Gasteiger partial charge in [-0.15, -0.1) is 11.3 Å². The van der Waals surface area contributed by atoms with Crippen molar-refractivity contribution in [3.05, 3.63) is 35.2 Å². The lowest BCUT2D eigenvalue weighted by molar-refractivity contribution is 0.0175. The zero-order valence-electron chi connectivity index (χ0n) is 12.5. The topological polar surface area (TPSA) is 24.9 Å². The normalized spacial score (nSPS) is 11.9. The van der Waals surface area contributed by atoms with Gasteiger partial charge in [0.05, 0.1) is 5.69 Å². The van der Waals surface area contributed by atoms with Gasteiger partial charge in [-0.25, -0.2) is 13.8 Å². The van der Waals surface area contributed by atoms with Gasteiger partial charge in [0, 0.05) is 30.0 Å². The lowest BCUT2D eigenvalue weighted by atomic mass is 10.1. The number of hydrogen-bond acceptors (Lipinski definition) is 3. The molecule has 114 valence electrons. The predicted molar refractivity (Wildman–Crippen MR) is 85.1 cm³/mol. The Kier molecular flexibility index (Phi) is 4.93. The molecular formula is C16H20F2N2S. The van der Waals surface area contributed by atoms with Crippen LogP contribution in [0.4, 0.5) is 13.9 Å². The monoisotopic (exact) mass is 310 g/mol. The fourth-order valence-corrected chi connectivity index (χ4v) is 2.64. The van der Waals surface area contributed by atoms with Gasteiger partial charge in [-0.1, -0.05) is 38.1 Å². The molecule has 0 bridgehead atoms. The highest BCUT2D eigenvalue weighted by atomic mass is 32.1. The summed E-state index contributed by atoms with van der Waals surface area (Å²) in [6, 6.07) is 6.31. The van der Waals surface area contributed by atoms with E-state index in [9.17, 15) is 8.78 Å². The van der Waals surface area contributed by atoms with Gasteiger partial charge in [-0.3, -0.25) is 0 Å². The van der Waals surface area contributed by atoms with E-state index in [0.717, 1.165) is 36.3 Å². The van der Waals surface area contributed by atoms with Gasteiger partial charge < -0.3 is 5.32 Å². The molecule has 1 heterocycles. The summed E-state index contributed by atoms with van der Waals surface area (Å²) in [6.45, 7) is 6.16. The Morgan fingerprint density at radius 3 is 2.48 bits per heavy atom. The minimum atomic E-state index is -2.80.